The summed E-state index contributed by atoms with van der Waals surface area (Å²) in [6.07, 6.45) is 8.98. The fraction of sp³-hybridized carbons (Fsp3) is 0.250. The largest absolute Gasteiger partial charge is 6.00 e. The molecular formula is C56H62Cr2N6O13+9. The maximum absolute atomic E-state index is 13.5. The number of nitrogens with zero attached hydrogens (tertiary/aromatic N) is 2. The number of nitrogens with one attached hydrogen (secondary N) is 2. The standard InChI is InChI=1S/C26H25N3O6.C26H19N3O6.4CH4.2Cr.H2O/c2*1-10-12(3-6-27)9-15(23(32)21(10)30)18-20-14(5-8-29-20)17(25(34)26(18)35)16-13-4-7-28-19(13)11(2)22(31)24(16)33;;;;;;;/h5,7-9,29-35H,3-4,6,27H2,1-2H3;5,7-9,29H,3-4,6,27H2,1-2H3;4*1H4;;;1H2/q;;;;;;+3;+6;. The number of Topliss-reactive ketones (excluding diaryl/α,β-unsaturated/α-hetero) is 6. The smallest absolute Gasteiger partial charge is 0.504 e. The van der Waals surface area contributed by atoms with Crippen LogP contribution in [0.2, 0.25) is 0 Å². The minimum absolute atomic E-state index is 0. The van der Waals surface area contributed by atoms with Gasteiger partial charge in [0.05, 0.1) is 33.4 Å². The van der Waals surface area contributed by atoms with Crippen molar-refractivity contribution in [1.82, 2.24) is 9.97 Å². The molecular weight excluding hydrogens is 1070 g/mol. The van der Waals surface area contributed by atoms with Crippen LogP contribution in [0.4, 0.5) is 5.69 Å². The van der Waals surface area contributed by atoms with E-state index in [-0.39, 0.29) is 161 Å². The second kappa shape index (κ2) is 24.5. The van der Waals surface area contributed by atoms with Crippen molar-refractivity contribution in [2.24, 2.45) is 21.5 Å². The Kier molecular flexibility index (Phi) is 20.8. The molecule has 0 unspecified atom stereocenters. The molecule has 0 atom stereocenters. The van der Waals surface area contributed by atoms with Gasteiger partial charge >= 0.3 is 34.7 Å². The number of allylic oxidation sites excluding steroid dienone is 6. The molecule has 77 heavy (non-hydrogen) atoms. The first-order valence-corrected chi connectivity index (χ1v) is 22.1. The Morgan fingerprint density at radius 2 is 1.16 bits per heavy atom. The Morgan fingerprint density at radius 3 is 1.81 bits per heavy atom. The Bertz CT molecular complexity index is 3700. The molecule has 2 aromatic heterocycles. The number of phenolic OH excluding ortho intramolecular Hbond substituents is 6. The average molecular weight is 1130 g/mol. The van der Waals surface area contributed by atoms with E-state index in [0.29, 0.717) is 81.5 Å². The molecule has 0 fully saturated rings. The first-order valence-electron chi connectivity index (χ1n) is 22.1. The molecule has 1 radical (unpaired) electrons. The number of fused-ring (bicyclic) bond motifs is 4. The molecule has 2 aliphatic heterocycles. The average Bonchev–Trinajstić information content (AvgIpc) is 4.20. The van der Waals surface area contributed by atoms with Crippen molar-refractivity contribution in [1.29, 1.82) is 0 Å². The number of aromatic amines is 2. The van der Waals surface area contributed by atoms with E-state index in [9.17, 15) is 59.4 Å². The molecule has 0 amide bonds. The molecule has 14 N–H and O–H groups in total. The predicted molar refractivity (Wildman–Crippen MR) is 288 cm³/mol. The zero-order valence-electron chi connectivity index (χ0n) is 39.4. The van der Waals surface area contributed by atoms with Crippen molar-refractivity contribution < 1.29 is 99.6 Å². The van der Waals surface area contributed by atoms with Gasteiger partial charge in [0.15, 0.2) is 34.5 Å². The number of hydrogen-bond acceptors (Lipinski definition) is 16. The molecule has 3 aliphatic carbocycles. The van der Waals surface area contributed by atoms with Crippen LogP contribution in [0.5, 0.6) is 34.5 Å². The third-order valence-corrected chi connectivity index (χ3v) is 13.5. The Labute approximate surface area is 465 Å². The van der Waals surface area contributed by atoms with E-state index >= 15 is 0 Å². The second-order valence-electron chi connectivity index (χ2n) is 17.3. The molecule has 21 heteroatoms. The SMILES string of the molecule is C.C.C.C.CC1=C(CCN)C=C(C2=c3[nH]ccc3=C(C3=C4CC=NC4=C(C)C(=O)C3=O)C(=O)C2=O)C(=O)C1=O.Cc1c(CCN)cc(-c2c(O)c(O)c(-c3c(O)c(O)c(C)c4c3CC=N4)c3cc[nH]c23)c(O)c1O.O.[Cr+3].[Cr+6]. The van der Waals surface area contributed by atoms with Crippen molar-refractivity contribution in [2.45, 2.75) is 83.1 Å². The first kappa shape index (κ1) is 65.4. The van der Waals surface area contributed by atoms with Crippen molar-refractivity contribution in [2.75, 3.05) is 13.1 Å². The van der Waals surface area contributed by atoms with Crippen LogP contribution in [-0.2, 0) is 76.3 Å². The summed E-state index contributed by atoms with van der Waals surface area (Å²) in [5, 5.41) is 66.0. The van der Waals surface area contributed by atoms with E-state index in [0.717, 1.165) is 0 Å². The van der Waals surface area contributed by atoms with Crippen molar-refractivity contribution in [3.05, 3.63) is 109 Å². The normalized spacial score (nSPS) is 15.0. The van der Waals surface area contributed by atoms with Gasteiger partial charge in [0.2, 0.25) is 34.7 Å². The van der Waals surface area contributed by atoms with Gasteiger partial charge in [0.25, 0.3) is 0 Å². The Morgan fingerprint density at radius 1 is 0.597 bits per heavy atom. The molecule has 0 saturated carbocycles. The van der Waals surface area contributed by atoms with Crippen LogP contribution in [0, 0.1) is 13.8 Å². The number of ketones is 6. The van der Waals surface area contributed by atoms with Crippen LogP contribution in [0.25, 0.3) is 44.3 Å². The topological polar surface area (TPSA) is 364 Å². The minimum Gasteiger partial charge on any atom is -0.504 e. The summed E-state index contributed by atoms with van der Waals surface area (Å²) < 4.78 is 0. The summed E-state index contributed by atoms with van der Waals surface area (Å²) in [5.41, 5.74) is 15.7. The maximum atomic E-state index is 13.5. The van der Waals surface area contributed by atoms with Crippen LogP contribution < -0.4 is 22.0 Å². The van der Waals surface area contributed by atoms with Gasteiger partial charge < -0.3 is 57.6 Å². The van der Waals surface area contributed by atoms with Gasteiger partial charge in [-0.3, -0.25) is 38.8 Å². The van der Waals surface area contributed by atoms with Crippen molar-refractivity contribution >= 4 is 74.9 Å². The van der Waals surface area contributed by atoms with Crippen LogP contribution in [0.1, 0.15) is 78.6 Å². The van der Waals surface area contributed by atoms with Crippen LogP contribution in [0.3, 0.4) is 0 Å². The van der Waals surface area contributed by atoms with Gasteiger partial charge in [-0.15, -0.1) is 0 Å². The quantitative estimate of drug-likeness (QED) is 0.0540. The van der Waals surface area contributed by atoms with E-state index in [2.05, 4.69) is 20.0 Å². The molecule has 0 bridgehead atoms. The number of aliphatic imine (C=N–C) groups is 2. The molecule has 5 aliphatic rings. The number of aromatic nitrogens is 2. The van der Waals surface area contributed by atoms with E-state index in [1.54, 1.807) is 38.4 Å². The molecule has 5 aromatic rings. The van der Waals surface area contributed by atoms with Gasteiger partial charge in [-0.1, -0.05) is 29.7 Å². The summed E-state index contributed by atoms with van der Waals surface area (Å²) in [4.78, 5) is 92.6. The number of rotatable bonds is 8. The van der Waals surface area contributed by atoms with Crippen molar-refractivity contribution in [3.63, 3.8) is 0 Å². The van der Waals surface area contributed by atoms with Gasteiger partial charge in [0.1, 0.15) is 0 Å². The number of carbonyl (C=O) groups excluding carboxylic acids is 6. The predicted octanol–water partition coefficient (Wildman–Crippen LogP) is 5.23. The maximum Gasteiger partial charge on any atom is 6.00 e. The number of nitrogens with two attached hydrogens (primary N) is 2. The van der Waals surface area contributed by atoms with E-state index < -0.39 is 57.7 Å². The second-order valence-corrected chi connectivity index (χ2v) is 17.3. The number of hydrogen-bond donors (Lipinski definition) is 10. The number of aromatic hydroxyl groups is 6. The first-order chi connectivity index (χ1) is 33.4. The molecule has 10 rings (SSSR count). The fourth-order valence-electron chi connectivity index (χ4n) is 9.84. The van der Waals surface area contributed by atoms with Gasteiger partial charge in [-0.2, -0.15) is 0 Å². The van der Waals surface area contributed by atoms with E-state index in [1.807, 2.05) is 0 Å². The van der Waals surface area contributed by atoms with E-state index in [4.69, 9.17) is 11.5 Å². The van der Waals surface area contributed by atoms with Gasteiger partial charge in [-0.25, -0.2) is 0 Å². The molecule has 0 saturated heterocycles. The van der Waals surface area contributed by atoms with Crippen molar-refractivity contribution in [3.8, 4) is 56.8 Å². The minimum atomic E-state index is -1.05. The summed E-state index contributed by atoms with van der Waals surface area (Å²) in [6.45, 7) is 6.83. The number of H-pyrrole nitrogens is 2. The van der Waals surface area contributed by atoms with Gasteiger partial charge in [0, 0.05) is 98.4 Å². The zero-order valence-corrected chi connectivity index (χ0v) is 41.9. The van der Waals surface area contributed by atoms with Crippen LogP contribution in [-0.4, -0.2) is 106 Å². The molecule has 0 spiro atoms. The van der Waals surface area contributed by atoms with Gasteiger partial charge in [-0.05, 0) is 106 Å². The monoisotopic (exact) mass is 1130 g/mol. The fourth-order valence-corrected chi connectivity index (χ4v) is 9.84. The molecule has 3 aromatic carbocycles. The van der Waals surface area contributed by atoms with Crippen LogP contribution in [0.15, 0.2) is 85.8 Å². The molecule has 397 valence electrons. The summed E-state index contributed by atoms with van der Waals surface area (Å²) in [7, 11) is 0. The third-order valence-electron chi connectivity index (χ3n) is 13.5. The summed E-state index contributed by atoms with van der Waals surface area (Å²) in [5.74, 6) is -8.15. The van der Waals surface area contributed by atoms with E-state index in [1.165, 1.54) is 38.4 Å². The molecule has 19 nitrogen and oxygen atoms in total. The number of phenols is 6. The third kappa shape index (κ3) is 9.88. The molecule has 4 heterocycles. The zero-order chi connectivity index (χ0) is 50.4. The summed E-state index contributed by atoms with van der Waals surface area (Å²) in [6, 6.07) is 4.77. The summed E-state index contributed by atoms with van der Waals surface area (Å²) >= 11 is 0. The Hall–Kier alpha value is -7.72. The number of carbonyl (C=O) groups is 6. The van der Waals surface area contributed by atoms with Crippen LogP contribution >= 0.6 is 0 Å². The number of benzene rings is 3. The Balaban J connectivity index is 0.000000483.